The van der Waals surface area contributed by atoms with Crippen LogP contribution < -0.4 is 14.2 Å². The van der Waals surface area contributed by atoms with E-state index in [1.54, 1.807) is 32.7 Å². The Kier molecular flexibility index (Phi) is 7.40. The Morgan fingerprint density at radius 2 is 1.91 bits per heavy atom. The van der Waals surface area contributed by atoms with Crippen LogP contribution in [0.15, 0.2) is 35.7 Å². The van der Waals surface area contributed by atoms with Gasteiger partial charge in [-0.15, -0.1) is 11.3 Å². The summed E-state index contributed by atoms with van der Waals surface area (Å²) in [7, 11) is 7.10. The van der Waals surface area contributed by atoms with Crippen molar-refractivity contribution in [1.82, 2.24) is 9.80 Å². The smallest absolute Gasteiger partial charge is 0.254 e. The topological polar surface area (TPSA) is 51.2 Å². The average molecular weight is 469 g/mol. The second-order valence-corrected chi connectivity index (χ2v) is 9.31. The number of hydrogen-bond acceptors (Lipinski definition) is 6. The molecule has 0 saturated heterocycles. The fourth-order valence-electron chi connectivity index (χ4n) is 4.51. The maximum absolute atomic E-state index is 13.0. The van der Waals surface area contributed by atoms with Gasteiger partial charge in [0.2, 0.25) is 0 Å². The monoisotopic (exact) mass is 468 g/mol. The number of thiophene rings is 1. The van der Waals surface area contributed by atoms with Crippen molar-refractivity contribution in [3.63, 3.8) is 0 Å². The number of ether oxygens (including phenoxy) is 3. The molecule has 0 saturated carbocycles. The molecule has 6 nitrogen and oxygen atoms in total. The van der Waals surface area contributed by atoms with Gasteiger partial charge in [-0.25, -0.2) is 0 Å². The van der Waals surface area contributed by atoms with E-state index in [0.717, 1.165) is 55.8 Å². The first-order chi connectivity index (χ1) is 16.0. The first kappa shape index (κ1) is 23.4. The van der Waals surface area contributed by atoms with Crippen LogP contribution in [0, 0.1) is 0 Å². The molecule has 4 rings (SSSR count). The molecule has 1 aromatic heterocycles. The molecule has 33 heavy (non-hydrogen) atoms. The molecule has 7 heteroatoms. The first-order valence-electron chi connectivity index (χ1n) is 11.3. The minimum atomic E-state index is 0.0834. The third-order valence-electron chi connectivity index (χ3n) is 6.39. The van der Waals surface area contributed by atoms with Gasteiger partial charge in [0.05, 0.1) is 21.3 Å². The van der Waals surface area contributed by atoms with E-state index in [0.29, 0.717) is 18.0 Å². The van der Waals surface area contributed by atoms with E-state index in [4.69, 9.17) is 14.2 Å². The summed E-state index contributed by atoms with van der Waals surface area (Å²) in [5.74, 6) is 2.35. The Hall–Kier alpha value is -2.77. The lowest BCUT2D eigenvalue weighted by molar-refractivity contribution is 0.0731. The van der Waals surface area contributed by atoms with Crippen LogP contribution in [0.4, 0.5) is 0 Å². The molecule has 0 bridgehead atoms. The number of benzene rings is 2. The van der Waals surface area contributed by atoms with E-state index < -0.39 is 0 Å². The van der Waals surface area contributed by atoms with Crippen molar-refractivity contribution in [3.8, 4) is 17.2 Å². The molecular formula is C26H32N2O4S. The number of hydrogen-bond donors (Lipinski definition) is 0. The van der Waals surface area contributed by atoms with E-state index in [1.807, 2.05) is 23.1 Å². The molecule has 1 aliphatic heterocycles. The highest BCUT2D eigenvalue weighted by atomic mass is 32.1. The standard InChI is InChI=1S/C26H32N2O4S/c1-27(14-10-18-17-33-24-16-19(30-2)6-7-20(18)24)12-5-13-28-15-11-21-22(26(28)29)8-9-23(31-3)25(21)32-4/h6-9,16-17H,5,10-15H2,1-4H3. The van der Waals surface area contributed by atoms with Gasteiger partial charge < -0.3 is 24.0 Å². The number of likely N-dealkylation sites (N-methyl/N-ethyl adjacent to an activating group) is 1. The second-order valence-electron chi connectivity index (χ2n) is 8.40. The zero-order valence-corrected chi connectivity index (χ0v) is 20.7. The number of carbonyl (C=O) groups excluding carboxylic acids is 1. The summed E-state index contributed by atoms with van der Waals surface area (Å²) in [6.07, 6.45) is 2.75. The van der Waals surface area contributed by atoms with Crippen LogP contribution in [-0.4, -0.2) is 70.3 Å². The zero-order chi connectivity index (χ0) is 23.4. The lowest BCUT2D eigenvalue weighted by atomic mass is 9.97. The zero-order valence-electron chi connectivity index (χ0n) is 19.8. The average Bonchev–Trinajstić information content (AvgIpc) is 3.25. The van der Waals surface area contributed by atoms with Crippen molar-refractivity contribution in [3.05, 3.63) is 52.4 Å². The Morgan fingerprint density at radius 1 is 1.06 bits per heavy atom. The number of rotatable bonds is 10. The van der Waals surface area contributed by atoms with Crippen molar-refractivity contribution in [2.75, 3.05) is 54.6 Å². The Morgan fingerprint density at radius 3 is 2.67 bits per heavy atom. The lowest BCUT2D eigenvalue weighted by Gasteiger charge is -2.30. The van der Waals surface area contributed by atoms with Crippen molar-refractivity contribution in [2.45, 2.75) is 19.3 Å². The van der Waals surface area contributed by atoms with Gasteiger partial charge in [0.15, 0.2) is 11.5 Å². The summed E-state index contributed by atoms with van der Waals surface area (Å²) < 4.78 is 17.5. The summed E-state index contributed by atoms with van der Waals surface area (Å²) in [6.45, 7) is 3.42. The Bertz CT molecular complexity index is 1130. The number of methoxy groups -OCH3 is 3. The van der Waals surface area contributed by atoms with E-state index in [9.17, 15) is 4.79 Å². The van der Waals surface area contributed by atoms with Crippen LogP contribution in [0.5, 0.6) is 17.2 Å². The molecule has 2 aromatic carbocycles. The van der Waals surface area contributed by atoms with Gasteiger partial charge in [-0.3, -0.25) is 4.79 Å². The summed E-state index contributed by atoms with van der Waals surface area (Å²) in [5, 5.41) is 3.57. The minimum absolute atomic E-state index is 0.0834. The fourth-order valence-corrected chi connectivity index (χ4v) is 5.53. The molecule has 1 amide bonds. The lowest BCUT2D eigenvalue weighted by Crippen LogP contribution is -2.39. The Labute approximate surface area is 199 Å². The molecule has 0 spiro atoms. The van der Waals surface area contributed by atoms with Crippen molar-refractivity contribution in [1.29, 1.82) is 0 Å². The van der Waals surface area contributed by atoms with Crippen LogP contribution in [0.1, 0.15) is 27.9 Å². The quantitative estimate of drug-likeness (QED) is 0.439. The molecule has 0 unspecified atom stereocenters. The van der Waals surface area contributed by atoms with E-state index in [2.05, 4.69) is 29.5 Å². The molecular weight excluding hydrogens is 436 g/mol. The van der Waals surface area contributed by atoms with E-state index in [1.165, 1.54) is 15.6 Å². The minimum Gasteiger partial charge on any atom is -0.497 e. The summed E-state index contributed by atoms with van der Waals surface area (Å²) >= 11 is 1.77. The van der Waals surface area contributed by atoms with Crippen LogP contribution >= 0.6 is 11.3 Å². The van der Waals surface area contributed by atoms with Gasteiger partial charge in [-0.2, -0.15) is 0 Å². The van der Waals surface area contributed by atoms with Crippen molar-refractivity contribution < 1.29 is 19.0 Å². The SMILES string of the molecule is COc1ccc2c(CCN(C)CCCN3CCc4c(ccc(OC)c4OC)C3=O)csc2c1. The molecule has 0 fully saturated rings. The van der Waals surface area contributed by atoms with E-state index >= 15 is 0 Å². The first-order valence-corrected chi connectivity index (χ1v) is 12.2. The molecule has 2 heterocycles. The maximum Gasteiger partial charge on any atom is 0.254 e. The van der Waals surface area contributed by atoms with Gasteiger partial charge in [0, 0.05) is 35.5 Å². The van der Waals surface area contributed by atoms with Gasteiger partial charge in [0.25, 0.3) is 5.91 Å². The van der Waals surface area contributed by atoms with Gasteiger partial charge in [0.1, 0.15) is 5.75 Å². The summed E-state index contributed by atoms with van der Waals surface area (Å²) in [6, 6.07) is 9.97. The molecule has 0 aliphatic carbocycles. The molecule has 0 atom stereocenters. The predicted molar refractivity (Wildman–Crippen MR) is 133 cm³/mol. The highest BCUT2D eigenvalue weighted by molar-refractivity contribution is 7.17. The number of carbonyl (C=O) groups is 1. The molecule has 1 aliphatic rings. The van der Waals surface area contributed by atoms with Gasteiger partial charge in [-0.05, 0) is 79.5 Å². The predicted octanol–water partition coefficient (Wildman–Crippen LogP) is 4.49. The van der Waals surface area contributed by atoms with Gasteiger partial charge in [-0.1, -0.05) is 0 Å². The Balaban J connectivity index is 1.28. The molecule has 0 N–H and O–H groups in total. The highest BCUT2D eigenvalue weighted by Crippen LogP contribution is 2.36. The summed E-state index contributed by atoms with van der Waals surface area (Å²) in [4.78, 5) is 17.3. The number of nitrogens with zero attached hydrogens (tertiary/aromatic N) is 2. The van der Waals surface area contributed by atoms with Crippen LogP contribution in [0.2, 0.25) is 0 Å². The van der Waals surface area contributed by atoms with Crippen LogP contribution in [0.25, 0.3) is 10.1 Å². The third-order valence-corrected chi connectivity index (χ3v) is 7.39. The van der Waals surface area contributed by atoms with Crippen molar-refractivity contribution >= 4 is 27.3 Å². The third kappa shape index (κ3) is 4.94. The fraction of sp³-hybridized carbons (Fsp3) is 0.423. The van der Waals surface area contributed by atoms with Crippen LogP contribution in [-0.2, 0) is 12.8 Å². The number of amides is 1. The van der Waals surface area contributed by atoms with E-state index in [-0.39, 0.29) is 5.91 Å². The van der Waals surface area contributed by atoms with Crippen LogP contribution in [0.3, 0.4) is 0 Å². The second kappa shape index (κ2) is 10.4. The molecule has 0 radical (unpaired) electrons. The largest absolute Gasteiger partial charge is 0.497 e. The highest BCUT2D eigenvalue weighted by Gasteiger charge is 2.28. The van der Waals surface area contributed by atoms with Crippen molar-refractivity contribution in [2.24, 2.45) is 0 Å². The molecule has 3 aromatic rings. The maximum atomic E-state index is 13.0. The number of fused-ring (bicyclic) bond motifs is 2. The van der Waals surface area contributed by atoms with Gasteiger partial charge >= 0.3 is 0 Å². The molecule has 176 valence electrons. The summed E-state index contributed by atoms with van der Waals surface area (Å²) in [5.41, 5.74) is 3.07. The normalized spacial score (nSPS) is 13.5.